The molecule has 4 heteroatoms. The summed E-state index contributed by atoms with van der Waals surface area (Å²) in [6, 6.07) is 20.9. The molecule has 1 saturated heterocycles. The van der Waals surface area contributed by atoms with Gasteiger partial charge in [0.05, 0.1) is 13.2 Å². The topological polar surface area (TPSA) is 26.6 Å². The normalized spacial score (nSPS) is 17.5. The van der Waals surface area contributed by atoms with Gasteiger partial charge in [-0.15, -0.1) is 0 Å². The van der Waals surface area contributed by atoms with Crippen LogP contribution in [0.25, 0.3) is 5.69 Å². The SMILES string of the molecule is CCOc1ccc(-n2ccc(C3OCCN3Cc3ccccc3)c2)cc1. The lowest BCUT2D eigenvalue weighted by atomic mass is 10.2. The Morgan fingerprint density at radius 3 is 2.62 bits per heavy atom. The minimum Gasteiger partial charge on any atom is -0.494 e. The Labute approximate surface area is 154 Å². The van der Waals surface area contributed by atoms with Gasteiger partial charge < -0.3 is 14.0 Å². The summed E-state index contributed by atoms with van der Waals surface area (Å²) in [7, 11) is 0. The van der Waals surface area contributed by atoms with Gasteiger partial charge in [-0.05, 0) is 42.8 Å². The highest BCUT2D eigenvalue weighted by Crippen LogP contribution is 2.29. The fraction of sp³-hybridized carbons (Fsp3) is 0.273. The van der Waals surface area contributed by atoms with Gasteiger partial charge in [0.25, 0.3) is 0 Å². The van der Waals surface area contributed by atoms with Gasteiger partial charge in [0, 0.05) is 36.7 Å². The second kappa shape index (κ2) is 7.77. The predicted octanol–water partition coefficient (Wildman–Crippen LogP) is 4.41. The first-order valence-electron chi connectivity index (χ1n) is 9.14. The molecule has 0 spiro atoms. The zero-order valence-corrected chi connectivity index (χ0v) is 15.0. The van der Waals surface area contributed by atoms with Crippen LogP contribution in [0, 0.1) is 0 Å². The molecule has 1 fully saturated rings. The van der Waals surface area contributed by atoms with Crippen molar-refractivity contribution in [1.82, 2.24) is 9.47 Å². The van der Waals surface area contributed by atoms with Crippen molar-refractivity contribution < 1.29 is 9.47 Å². The van der Waals surface area contributed by atoms with Gasteiger partial charge >= 0.3 is 0 Å². The van der Waals surface area contributed by atoms with Crippen molar-refractivity contribution in [2.24, 2.45) is 0 Å². The standard InChI is InChI=1S/C22H24N2O2/c1-2-25-21-10-8-20(9-11-21)23-13-12-19(17-23)22-24(14-15-26-22)16-18-6-4-3-5-7-18/h3-13,17,22H,2,14-16H2,1H3. The molecule has 1 aliphatic heterocycles. The fourth-order valence-electron chi connectivity index (χ4n) is 3.39. The van der Waals surface area contributed by atoms with Gasteiger partial charge in [0.2, 0.25) is 0 Å². The number of nitrogens with zero attached hydrogens (tertiary/aromatic N) is 2. The minimum absolute atomic E-state index is 0.0131. The summed E-state index contributed by atoms with van der Waals surface area (Å²) in [6.07, 6.45) is 4.26. The largest absolute Gasteiger partial charge is 0.494 e. The second-order valence-corrected chi connectivity index (χ2v) is 6.46. The van der Waals surface area contributed by atoms with Crippen LogP contribution in [0.4, 0.5) is 0 Å². The summed E-state index contributed by atoms with van der Waals surface area (Å²) in [5.74, 6) is 0.900. The summed E-state index contributed by atoms with van der Waals surface area (Å²) in [5, 5.41) is 0. The van der Waals surface area contributed by atoms with Crippen LogP contribution in [-0.2, 0) is 11.3 Å². The third-order valence-corrected chi connectivity index (χ3v) is 4.66. The highest BCUT2D eigenvalue weighted by atomic mass is 16.5. The highest BCUT2D eigenvalue weighted by Gasteiger charge is 2.27. The Morgan fingerprint density at radius 1 is 1.04 bits per heavy atom. The summed E-state index contributed by atoms with van der Waals surface area (Å²) in [4.78, 5) is 2.38. The van der Waals surface area contributed by atoms with E-state index in [0.717, 1.165) is 31.1 Å². The Hall–Kier alpha value is -2.56. The lowest BCUT2D eigenvalue weighted by Crippen LogP contribution is -2.23. The molecule has 1 unspecified atom stereocenters. The van der Waals surface area contributed by atoms with Crippen molar-refractivity contribution >= 4 is 0 Å². The Bertz CT molecular complexity index is 827. The van der Waals surface area contributed by atoms with Crippen LogP contribution in [-0.4, -0.2) is 29.2 Å². The lowest BCUT2D eigenvalue weighted by Gasteiger charge is -2.22. The van der Waals surface area contributed by atoms with Gasteiger partial charge in [-0.3, -0.25) is 4.90 Å². The molecule has 4 nitrogen and oxygen atoms in total. The van der Waals surface area contributed by atoms with Gasteiger partial charge in [-0.25, -0.2) is 0 Å². The molecule has 134 valence electrons. The van der Waals surface area contributed by atoms with Gasteiger partial charge in [0.15, 0.2) is 0 Å². The lowest BCUT2D eigenvalue weighted by molar-refractivity contribution is 0.0288. The minimum atomic E-state index is 0.0131. The third-order valence-electron chi connectivity index (χ3n) is 4.66. The zero-order valence-electron chi connectivity index (χ0n) is 15.0. The maximum atomic E-state index is 6.02. The first-order valence-corrected chi connectivity index (χ1v) is 9.14. The third kappa shape index (κ3) is 3.66. The van der Waals surface area contributed by atoms with Crippen LogP contribution in [0.3, 0.4) is 0 Å². The smallest absolute Gasteiger partial charge is 0.138 e. The Morgan fingerprint density at radius 2 is 1.85 bits per heavy atom. The van der Waals surface area contributed by atoms with E-state index in [1.54, 1.807) is 0 Å². The molecule has 0 N–H and O–H groups in total. The fourth-order valence-corrected chi connectivity index (χ4v) is 3.39. The van der Waals surface area contributed by atoms with Gasteiger partial charge in [0.1, 0.15) is 12.0 Å². The number of ether oxygens (including phenoxy) is 2. The molecule has 0 amide bonds. The van der Waals surface area contributed by atoms with Crippen LogP contribution in [0.15, 0.2) is 73.1 Å². The molecule has 4 rings (SSSR count). The molecule has 0 radical (unpaired) electrons. The van der Waals surface area contributed by atoms with E-state index >= 15 is 0 Å². The first kappa shape index (κ1) is 16.9. The van der Waals surface area contributed by atoms with Crippen molar-refractivity contribution in [3.8, 4) is 11.4 Å². The molecule has 0 bridgehead atoms. The number of aromatic nitrogens is 1. The average Bonchev–Trinajstić information content (AvgIpc) is 3.33. The maximum Gasteiger partial charge on any atom is 0.138 e. The van der Waals surface area contributed by atoms with Gasteiger partial charge in [-0.1, -0.05) is 30.3 Å². The molecule has 0 aliphatic carbocycles. The molecule has 2 heterocycles. The summed E-state index contributed by atoms with van der Waals surface area (Å²) in [6.45, 7) is 5.30. The van der Waals surface area contributed by atoms with E-state index in [0.29, 0.717) is 6.61 Å². The van der Waals surface area contributed by atoms with Crippen LogP contribution in [0.1, 0.15) is 24.3 Å². The van der Waals surface area contributed by atoms with E-state index in [1.165, 1.54) is 11.1 Å². The number of hydrogen-bond acceptors (Lipinski definition) is 3. The average molecular weight is 348 g/mol. The van der Waals surface area contributed by atoms with Crippen molar-refractivity contribution in [2.75, 3.05) is 19.8 Å². The van der Waals surface area contributed by atoms with E-state index in [2.05, 4.69) is 70.4 Å². The molecular formula is C22H24N2O2. The second-order valence-electron chi connectivity index (χ2n) is 6.46. The van der Waals surface area contributed by atoms with Crippen LogP contribution in [0.2, 0.25) is 0 Å². The van der Waals surface area contributed by atoms with Crippen LogP contribution >= 0.6 is 0 Å². The molecule has 2 aromatic carbocycles. The van der Waals surface area contributed by atoms with Crippen LogP contribution in [0.5, 0.6) is 5.75 Å². The monoisotopic (exact) mass is 348 g/mol. The quantitative estimate of drug-likeness (QED) is 0.660. The van der Waals surface area contributed by atoms with E-state index in [1.807, 2.05) is 19.1 Å². The van der Waals surface area contributed by atoms with Crippen molar-refractivity contribution in [1.29, 1.82) is 0 Å². The first-order chi connectivity index (χ1) is 12.8. The Balaban J connectivity index is 1.49. The molecule has 0 saturated carbocycles. The number of benzene rings is 2. The summed E-state index contributed by atoms with van der Waals surface area (Å²) >= 11 is 0. The van der Waals surface area contributed by atoms with Gasteiger partial charge in [-0.2, -0.15) is 0 Å². The molecule has 1 aliphatic rings. The molecule has 3 aromatic rings. The predicted molar refractivity (Wildman–Crippen MR) is 102 cm³/mol. The summed E-state index contributed by atoms with van der Waals surface area (Å²) < 4.78 is 13.7. The van der Waals surface area contributed by atoms with Crippen molar-refractivity contribution in [3.63, 3.8) is 0 Å². The molecular weight excluding hydrogens is 324 g/mol. The van der Waals surface area contributed by atoms with Crippen molar-refractivity contribution in [3.05, 3.63) is 84.2 Å². The maximum absolute atomic E-state index is 6.02. The van der Waals surface area contributed by atoms with E-state index < -0.39 is 0 Å². The molecule has 1 atom stereocenters. The zero-order chi connectivity index (χ0) is 17.8. The van der Waals surface area contributed by atoms with Crippen molar-refractivity contribution in [2.45, 2.75) is 19.7 Å². The molecule has 26 heavy (non-hydrogen) atoms. The number of rotatable bonds is 6. The molecule has 1 aromatic heterocycles. The van der Waals surface area contributed by atoms with Crippen LogP contribution < -0.4 is 4.74 Å². The Kier molecular flexibility index (Phi) is 5.04. The van der Waals surface area contributed by atoms with E-state index in [-0.39, 0.29) is 6.23 Å². The highest BCUT2D eigenvalue weighted by molar-refractivity contribution is 5.39. The van der Waals surface area contributed by atoms with E-state index in [9.17, 15) is 0 Å². The number of hydrogen-bond donors (Lipinski definition) is 0. The summed E-state index contributed by atoms with van der Waals surface area (Å²) in [5.41, 5.74) is 3.62. The van der Waals surface area contributed by atoms with E-state index in [4.69, 9.17) is 9.47 Å².